The second-order valence-electron chi connectivity index (χ2n) is 5.80. The standard InChI is InChI=1S/C20H18N2O6S/c1-26-16-11-17(27-2)22-20(21-16)28-15-9-5-8-14(18(15)19(23)24)12-6-4-7-13(10-12)29(3)25/h4-11H,1-3H3,(H,23,24). The molecule has 1 unspecified atom stereocenters. The van der Waals surface area contributed by atoms with Gasteiger partial charge in [0.05, 0.1) is 20.3 Å². The molecule has 1 heterocycles. The summed E-state index contributed by atoms with van der Waals surface area (Å²) in [5, 5.41) is 9.84. The van der Waals surface area contributed by atoms with Gasteiger partial charge in [0, 0.05) is 11.6 Å². The van der Waals surface area contributed by atoms with Crippen molar-refractivity contribution in [2.45, 2.75) is 4.90 Å². The van der Waals surface area contributed by atoms with Gasteiger partial charge in [-0.25, -0.2) is 4.79 Å². The van der Waals surface area contributed by atoms with Gasteiger partial charge in [-0.05, 0) is 28.9 Å². The summed E-state index contributed by atoms with van der Waals surface area (Å²) in [5.74, 6) is -0.724. The fourth-order valence-electron chi connectivity index (χ4n) is 2.66. The van der Waals surface area contributed by atoms with Crippen LogP contribution in [0.5, 0.6) is 23.5 Å². The van der Waals surface area contributed by atoms with E-state index >= 15 is 0 Å². The van der Waals surface area contributed by atoms with Gasteiger partial charge < -0.3 is 23.9 Å². The lowest BCUT2D eigenvalue weighted by molar-refractivity contribution is 0.0695. The molecule has 1 aromatic heterocycles. The molecule has 8 nitrogen and oxygen atoms in total. The van der Waals surface area contributed by atoms with E-state index in [2.05, 4.69) is 9.97 Å². The Kier molecular flexibility index (Phi) is 6.20. The van der Waals surface area contributed by atoms with Crippen molar-refractivity contribution in [1.29, 1.82) is 0 Å². The molecule has 29 heavy (non-hydrogen) atoms. The van der Waals surface area contributed by atoms with Crippen molar-refractivity contribution in [3.05, 3.63) is 54.1 Å². The van der Waals surface area contributed by atoms with Crippen LogP contribution in [-0.4, -0.2) is 46.1 Å². The van der Waals surface area contributed by atoms with Crippen LogP contribution in [0.2, 0.25) is 0 Å². The van der Waals surface area contributed by atoms with Crippen molar-refractivity contribution in [2.75, 3.05) is 20.5 Å². The zero-order chi connectivity index (χ0) is 21.0. The zero-order valence-electron chi connectivity index (χ0n) is 15.9. The SMILES string of the molecule is COc1cc(OC)nc(Oc2cccc(-c3cccc([S+](C)[O-])c3)c2C(=O)O)n1. The summed E-state index contributed by atoms with van der Waals surface area (Å²) in [4.78, 5) is 20.8. The van der Waals surface area contributed by atoms with E-state index in [0.29, 0.717) is 16.0 Å². The average molecular weight is 414 g/mol. The van der Waals surface area contributed by atoms with Crippen molar-refractivity contribution >= 4 is 17.1 Å². The van der Waals surface area contributed by atoms with E-state index in [1.165, 1.54) is 26.4 Å². The summed E-state index contributed by atoms with van der Waals surface area (Å²) in [6, 6.07) is 13.0. The molecule has 0 saturated heterocycles. The van der Waals surface area contributed by atoms with Crippen molar-refractivity contribution in [3.8, 4) is 34.6 Å². The molecule has 0 bridgehead atoms. The third-order valence-electron chi connectivity index (χ3n) is 4.00. The van der Waals surface area contributed by atoms with Gasteiger partial charge in [0.2, 0.25) is 11.8 Å². The first kappa shape index (κ1) is 20.4. The smallest absolute Gasteiger partial charge is 0.340 e. The minimum Gasteiger partial charge on any atom is -0.612 e. The first-order valence-corrected chi connectivity index (χ1v) is 9.94. The summed E-state index contributed by atoms with van der Waals surface area (Å²) < 4.78 is 27.6. The third kappa shape index (κ3) is 4.58. The Morgan fingerprint density at radius 3 is 2.28 bits per heavy atom. The number of aromatic carboxylic acids is 1. The normalized spacial score (nSPS) is 11.6. The highest BCUT2D eigenvalue weighted by atomic mass is 32.2. The van der Waals surface area contributed by atoms with Crippen molar-refractivity contribution in [3.63, 3.8) is 0 Å². The van der Waals surface area contributed by atoms with Gasteiger partial charge in [-0.2, -0.15) is 9.97 Å². The number of aromatic nitrogens is 2. The molecule has 1 N–H and O–H groups in total. The van der Waals surface area contributed by atoms with E-state index in [1.54, 1.807) is 42.7 Å². The van der Waals surface area contributed by atoms with E-state index in [9.17, 15) is 14.5 Å². The fraction of sp³-hybridized carbons (Fsp3) is 0.150. The summed E-state index contributed by atoms with van der Waals surface area (Å²) in [5.41, 5.74) is 0.943. The van der Waals surface area contributed by atoms with Gasteiger partial charge in [-0.1, -0.05) is 24.3 Å². The molecule has 9 heteroatoms. The van der Waals surface area contributed by atoms with Crippen LogP contribution in [0.3, 0.4) is 0 Å². The molecular formula is C20H18N2O6S. The van der Waals surface area contributed by atoms with Crippen LogP contribution in [0.1, 0.15) is 10.4 Å². The maximum Gasteiger partial charge on any atom is 0.340 e. The topological polar surface area (TPSA) is 114 Å². The Morgan fingerprint density at radius 2 is 1.69 bits per heavy atom. The quantitative estimate of drug-likeness (QED) is 0.585. The predicted molar refractivity (Wildman–Crippen MR) is 106 cm³/mol. The second kappa shape index (κ2) is 8.80. The first-order chi connectivity index (χ1) is 13.9. The van der Waals surface area contributed by atoms with Gasteiger partial charge in [-0.15, -0.1) is 0 Å². The Balaban J connectivity index is 2.09. The van der Waals surface area contributed by atoms with E-state index < -0.39 is 17.1 Å². The molecule has 1 atom stereocenters. The highest BCUT2D eigenvalue weighted by Crippen LogP contribution is 2.34. The van der Waals surface area contributed by atoms with Crippen LogP contribution in [0, 0.1) is 0 Å². The van der Waals surface area contributed by atoms with Gasteiger partial charge >= 0.3 is 12.0 Å². The van der Waals surface area contributed by atoms with Crippen molar-refractivity contribution in [1.82, 2.24) is 9.97 Å². The molecule has 0 aliphatic rings. The van der Waals surface area contributed by atoms with E-state index in [0.717, 1.165) is 0 Å². The van der Waals surface area contributed by atoms with Crippen LogP contribution >= 0.6 is 0 Å². The molecule has 0 radical (unpaired) electrons. The lowest BCUT2D eigenvalue weighted by atomic mass is 9.99. The summed E-state index contributed by atoms with van der Waals surface area (Å²) in [7, 11) is 2.86. The Morgan fingerprint density at radius 1 is 1.03 bits per heavy atom. The molecule has 0 aliphatic heterocycles. The van der Waals surface area contributed by atoms with E-state index in [-0.39, 0.29) is 29.1 Å². The Labute approximate surface area is 170 Å². The predicted octanol–water partition coefficient (Wildman–Crippen LogP) is 3.39. The summed E-state index contributed by atoms with van der Waals surface area (Å²) in [6.45, 7) is 0. The summed E-state index contributed by atoms with van der Waals surface area (Å²) >= 11 is -1.20. The van der Waals surface area contributed by atoms with Crippen LogP contribution in [-0.2, 0) is 11.2 Å². The van der Waals surface area contributed by atoms with Crippen molar-refractivity contribution in [2.24, 2.45) is 0 Å². The molecule has 3 rings (SSSR count). The zero-order valence-corrected chi connectivity index (χ0v) is 16.7. The van der Waals surface area contributed by atoms with Crippen LogP contribution in [0.15, 0.2) is 53.4 Å². The maximum absolute atomic E-state index is 12.0. The summed E-state index contributed by atoms with van der Waals surface area (Å²) in [6.07, 6.45) is 1.56. The van der Waals surface area contributed by atoms with Gasteiger partial charge in [-0.3, -0.25) is 0 Å². The molecule has 0 saturated carbocycles. The average Bonchev–Trinajstić information content (AvgIpc) is 2.73. The Hall–Kier alpha value is -3.30. The molecule has 0 aliphatic carbocycles. The molecule has 0 spiro atoms. The largest absolute Gasteiger partial charge is 0.612 e. The fourth-order valence-corrected chi connectivity index (χ4v) is 3.22. The number of carboxylic acids is 1. The van der Waals surface area contributed by atoms with Crippen molar-refractivity contribution < 1.29 is 28.7 Å². The maximum atomic E-state index is 12.0. The molecule has 0 fully saturated rings. The third-order valence-corrected chi connectivity index (χ3v) is 4.91. The highest BCUT2D eigenvalue weighted by molar-refractivity contribution is 7.90. The van der Waals surface area contributed by atoms with Crippen LogP contribution in [0.25, 0.3) is 11.1 Å². The molecular weight excluding hydrogens is 396 g/mol. The van der Waals surface area contributed by atoms with Gasteiger partial charge in [0.25, 0.3) is 0 Å². The minimum atomic E-state index is -1.20. The van der Waals surface area contributed by atoms with Crippen LogP contribution < -0.4 is 14.2 Å². The molecule has 3 aromatic rings. The number of methoxy groups -OCH3 is 2. The lowest BCUT2D eigenvalue weighted by Crippen LogP contribution is -2.05. The van der Waals surface area contributed by atoms with E-state index in [4.69, 9.17) is 14.2 Å². The number of hydrogen-bond donors (Lipinski definition) is 1. The minimum absolute atomic E-state index is 0.0494. The van der Waals surface area contributed by atoms with E-state index in [1.807, 2.05) is 0 Å². The monoisotopic (exact) mass is 414 g/mol. The number of ether oxygens (including phenoxy) is 3. The molecule has 150 valence electrons. The number of nitrogens with zero attached hydrogens (tertiary/aromatic N) is 2. The number of benzene rings is 2. The number of rotatable bonds is 7. The molecule has 2 aromatic carbocycles. The lowest BCUT2D eigenvalue weighted by Gasteiger charge is -2.13. The van der Waals surface area contributed by atoms with Gasteiger partial charge in [0.15, 0.2) is 4.90 Å². The van der Waals surface area contributed by atoms with Crippen LogP contribution in [0.4, 0.5) is 0 Å². The highest BCUT2D eigenvalue weighted by Gasteiger charge is 2.21. The first-order valence-electron chi connectivity index (χ1n) is 8.38. The Bertz CT molecular complexity index is 1020. The number of carboxylic acid groups (broad SMARTS) is 1. The second-order valence-corrected chi connectivity index (χ2v) is 7.18. The number of carbonyl (C=O) groups is 1. The number of hydrogen-bond acceptors (Lipinski definition) is 7. The molecule has 0 amide bonds. The van der Waals surface area contributed by atoms with Gasteiger partial charge in [0.1, 0.15) is 17.6 Å².